The molecule has 1 amide bonds. The van der Waals surface area contributed by atoms with Crippen molar-refractivity contribution >= 4 is 27.3 Å². The monoisotopic (exact) mass is 417 g/mol. The van der Waals surface area contributed by atoms with E-state index in [0.717, 1.165) is 11.4 Å². The van der Waals surface area contributed by atoms with Gasteiger partial charge < -0.3 is 19.7 Å². The third-order valence-corrected chi connectivity index (χ3v) is 7.08. The molecule has 2 aliphatic heterocycles. The second-order valence-corrected chi connectivity index (χ2v) is 8.91. The molecule has 1 unspecified atom stereocenters. The van der Waals surface area contributed by atoms with E-state index in [9.17, 15) is 13.2 Å². The summed E-state index contributed by atoms with van der Waals surface area (Å²) in [7, 11) is -2.06. The molecule has 0 saturated carbocycles. The predicted octanol–water partition coefficient (Wildman–Crippen LogP) is 1.93. The normalized spacial score (nSPS) is 19.9. The zero-order valence-electron chi connectivity index (χ0n) is 16.3. The first-order valence-corrected chi connectivity index (χ1v) is 10.8. The molecule has 1 saturated heterocycles. The van der Waals surface area contributed by atoms with E-state index >= 15 is 0 Å². The third kappa shape index (κ3) is 3.63. The molecule has 2 aromatic rings. The predicted molar refractivity (Wildman–Crippen MR) is 109 cm³/mol. The van der Waals surface area contributed by atoms with Crippen LogP contribution in [0.3, 0.4) is 0 Å². The van der Waals surface area contributed by atoms with Crippen molar-refractivity contribution in [3.05, 3.63) is 42.5 Å². The number of rotatable bonds is 4. The Balaban J connectivity index is 1.51. The number of carbonyl (C=O) groups excluding carboxylic acids is 1. The summed E-state index contributed by atoms with van der Waals surface area (Å²) in [4.78, 5) is 14.1. The summed E-state index contributed by atoms with van der Waals surface area (Å²) in [6.45, 7) is 3.47. The molecule has 0 bridgehead atoms. The fourth-order valence-electron chi connectivity index (χ4n) is 3.56. The minimum atomic E-state index is -3.68. The SMILES string of the molecule is COc1ccccc1N1CCN(S(=O)(=O)c2ccc3c(c2)NC(=O)C(C)O3)CC1. The van der Waals surface area contributed by atoms with Crippen LogP contribution in [0.15, 0.2) is 47.4 Å². The van der Waals surface area contributed by atoms with Crippen LogP contribution in [0.1, 0.15) is 6.92 Å². The van der Waals surface area contributed by atoms with Crippen molar-refractivity contribution in [2.75, 3.05) is 43.5 Å². The van der Waals surface area contributed by atoms with E-state index in [4.69, 9.17) is 9.47 Å². The molecule has 2 heterocycles. The summed E-state index contributed by atoms with van der Waals surface area (Å²) in [5, 5.41) is 2.70. The zero-order valence-corrected chi connectivity index (χ0v) is 17.1. The molecule has 1 atom stereocenters. The number of hydrogen-bond acceptors (Lipinski definition) is 6. The molecule has 2 aliphatic rings. The lowest BCUT2D eigenvalue weighted by Crippen LogP contribution is -2.48. The van der Waals surface area contributed by atoms with Crippen LogP contribution in [-0.2, 0) is 14.8 Å². The van der Waals surface area contributed by atoms with Gasteiger partial charge in [0.25, 0.3) is 5.91 Å². The molecule has 2 aromatic carbocycles. The maximum atomic E-state index is 13.1. The number of nitrogens with zero attached hydrogens (tertiary/aromatic N) is 2. The van der Waals surface area contributed by atoms with Crippen LogP contribution in [0.4, 0.5) is 11.4 Å². The Kier molecular flexibility index (Phi) is 5.10. The van der Waals surface area contributed by atoms with Gasteiger partial charge in [-0.15, -0.1) is 0 Å². The highest BCUT2D eigenvalue weighted by atomic mass is 32.2. The van der Waals surface area contributed by atoms with Gasteiger partial charge in [0.1, 0.15) is 11.5 Å². The van der Waals surface area contributed by atoms with Gasteiger partial charge in [0, 0.05) is 26.2 Å². The van der Waals surface area contributed by atoms with Crippen molar-refractivity contribution in [2.24, 2.45) is 0 Å². The largest absolute Gasteiger partial charge is 0.495 e. The molecule has 4 rings (SSSR count). The van der Waals surface area contributed by atoms with E-state index in [0.29, 0.717) is 37.6 Å². The number of carbonyl (C=O) groups is 1. The first-order chi connectivity index (χ1) is 13.9. The highest BCUT2D eigenvalue weighted by Crippen LogP contribution is 2.33. The van der Waals surface area contributed by atoms with Gasteiger partial charge >= 0.3 is 0 Å². The van der Waals surface area contributed by atoms with Gasteiger partial charge in [-0.05, 0) is 37.3 Å². The highest BCUT2D eigenvalue weighted by molar-refractivity contribution is 7.89. The molecule has 9 heteroatoms. The van der Waals surface area contributed by atoms with Gasteiger partial charge in [-0.2, -0.15) is 4.31 Å². The molecule has 29 heavy (non-hydrogen) atoms. The van der Waals surface area contributed by atoms with E-state index in [1.165, 1.54) is 16.4 Å². The fourth-order valence-corrected chi connectivity index (χ4v) is 5.01. The molecule has 0 aliphatic carbocycles. The smallest absolute Gasteiger partial charge is 0.265 e. The van der Waals surface area contributed by atoms with Crippen LogP contribution in [0.2, 0.25) is 0 Å². The number of amides is 1. The van der Waals surface area contributed by atoms with Crippen molar-refractivity contribution in [1.29, 1.82) is 0 Å². The first kappa shape index (κ1) is 19.5. The first-order valence-electron chi connectivity index (χ1n) is 9.40. The van der Waals surface area contributed by atoms with Crippen molar-refractivity contribution in [3.8, 4) is 11.5 Å². The Hall–Kier alpha value is -2.78. The molecule has 8 nitrogen and oxygen atoms in total. The van der Waals surface area contributed by atoms with Crippen LogP contribution in [0.5, 0.6) is 11.5 Å². The Bertz CT molecular complexity index is 1030. The maximum absolute atomic E-state index is 13.1. The lowest BCUT2D eigenvalue weighted by atomic mass is 10.2. The van der Waals surface area contributed by atoms with Gasteiger partial charge in [0.2, 0.25) is 10.0 Å². The molecule has 0 radical (unpaired) electrons. The topological polar surface area (TPSA) is 88.2 Å². The molecule has 154 valence electrons. The molecule has 1 N–H and O–H groups in total. The minimum absolute atomic E-state index is 0.139. The average Bonchev–Trinajstić information content (AvgIpc) is 2.74. The Morgan fingerprint density at radius 3 is 2.55 bits per heavy atom. The second-order valence-electron chi connectivity index (χ2n) is 6.97. The minimum Gasteiger partial charge on any atom is -0.495 e. The molecule has 0 aromatic heterocycles. The fraction of sp³-hybridized carbons (Fsp3) is 0.350. The second kappa shape index (κ2) is 7.57. The van der Waals surface area contributed by atoms with Gasteiger partial charge in [0.05, 0.1) is 23.4 Å². The van der Waals surface area contributed by atoms with E-state index in [1.807, 2.05) is 24.3 Å². The molecule has 1 fully saturated rings. The van der Waals surface area contributed by atoms with Crippen LogP contribution in [0, 0.1) is 0 Å². The van der Waals surface area contributed by atoms with Gasteiger partial charge in [-0.3, -0.25) is 4.79 Å². The van der Waals surface area contributed by atoms with Crippen molar-refractivity contribution in [1.82, 2.24) is 4.31 Å². The van der Waals surface area contributed by atoms with Crippen LogP contribution in [0.25, 0.3) is 0 Å². The molecular weight excluding hydrogens is 394 g/mol. The van der Waals surface area contributed by atoms with Gasteiger partial charge in [-0.25, -0.2) is 8.42 Å². The van der Waals surface area contributed by atoms with Gasteiger partial charge in [0.15, 0.2) is 6.10 Å². The molecule has 0 spiro atoms. The number of benzene rings is 2. The van der Waals surface area contributed by atoms with Crippen LogP contribution >= 0.6 is 0 Å². The highest BCUT2D eigenvalue weighted by Gasteiger charge is 2.31. The summed E-state index contributed by atoms with van der Waals surface area (Å²) in [5.74, 6) is 0.943. The van der Waals surface area contributed by atoms with Crippen molar-refractivity contribution in [2.45, 2.75) is 17.9 Å². The number of anilines is 2. The van der Waals surface area contributed by atoms with E-state index in [2.05, 4.69) is 10.2 Å². The van der Waals surface area contributed by atoms with Crippen LogP contribution in [-0.4, -0.2) is 58.0 Å². The van der Waals surface area contributed by atoms with Crippen LogP contribution < -0.4 is 19.7 Å². The van der Waals surface area contributed by atoms with E-state index in [-0.39, 0.29) is 10.8 Å². The summed E-state index contributed by atoms with van der Waals surface area (Å²) in [6.07, 6.45) is -0.604. The number of hydrogen-bond donors (Lipinski definition) is 1. The maximum Gasteiger partial charge on any atom is 0.265 e. The number of sulfonamides is 1. The number of piperazine rings is 1. The number of ether oxygens (including phenoxy) is 2. The third-order valence-electron chi connectivity index (χ3n) is 5.18. The van der Waals surface area contributed by atoms with Gasteiger partial charge in [-0.1, -0.05) is 12.1 Å². The van der Waals surface area contributed by atoms with E-state index < -0.39 is 16.1 Å². The zero-order chi connectivity index (χ0) is 20.6. The lowest BCUT2D eigenvalue weighted by Gasteiger charge is -2.36. The standard InChI is InChI=1S/C20H23N3O5S/c1-14-20(24)21-16-13-15(7-8-18(16)28-14)29(25,26)23-11-9-22(10-12-23)17-5-3-4-6-19(17)27-2/h3-8,13-14H,9-12H2,1-2H3,(H,21,24). The number of para-hydroxylation sites is 2. The number of nitrogens with one attached hydrogen (secondary N) is 1. The Morgan fingerprint density at radius 1 is 1.10 bits per heavy atom. The lowest BCUT2D eigenvalue weighted by molar-refractivity contribution is -0.122. The van der Waals surface area contributed by atoms with Crippen molar-refractivity contribution < 1.29 is 22.7 Å². The van der Waals surface area contributed by atoms with E-state index in [1.54, 1.807) is 20.1 Å². The summed E-state index contributed by atoms with van der Waals surface area (Å²) in [6, 6.07) is 12.3. The summed E-state index contributed by atoms with van der Waals surface area (Å²) < 4.78 is 38.6. The average molecular weight is 417 g/mol. The number of methoxy groups -OCH3 is 1. The Morgan fingerprint density at radius 2 is 1.83 bits per heavy atom. The molecular formula is C20H23N3O5S. The Labute approximate surface area is 170 Å². The summed E-state index contributed by atoms with van der Waals surface area (Å²) >= 11 is 0. The quantitative estimate of drug-likeness (QED) is 0.818. The van der Waals surface area contributed by atoms with Crippen molar-refractivity contribution in [3.63, 3.8) is 0 Å². The summed E-state index contributed by atoms with van der Waals surface area (Å²) in [5.41, 5.74) is 1.33. The number of fused-ring (bicyclic) bond motifs is 1.